The van der Waals surface area contributed by atoms with Crippen LogP contribution in [0.15, 0.2) is 69.3 Å². The van der Waals surface area contributed by atoms with Gasteiger partial charge >= 0.3 is 0 Å². The fourth-order valence-electron chi connectivity index (χ4n) is 8.07. The van der Waals surface area contributed by atoms with Crippen LogP contribution in [0.4, 0.5) is 0 Å². The second-order valence-corrected chi connectivity index (χ2v) is 13.0. The topological polar surface area (TPSA) is 101 Å². The van der Waals surface area contributed by atoms with E-state index in [-0.39, 0.29) is 29.5 Å². The lowest BCUT2D eigenvalue weighted by Gasteiger charge is -2.42. The minimum Gasteiger partial charge on any atom is -0.496 e. The van der Waals surface area contributed by atoms with Crippen molar-refractivity contribution in [3.05, 3.63) is 97.8 Å². The van der Waals surface area contributed by atoms with Crippen molar-refractivity contribution in [2.75, 3.05) is 46.4 Å². The number of methoxy groups -OCH3 is 1. The molecule has 4 aliphatic heterocycles. The van der Waals surface area contributed by atoms with E-state index in [4.69, 9.17) is 4.74 Å². The van der Waals surface area contributed by atoms with Crippen LogP contribution in [-0.4, -0.2) is 77.4 Å². The van der Waals surface area contributed by atoms with Crippen molar-refractivity contribution in [2.24, 2.45) is 16.9 Å². The second-order valence-electron chi connectivity index (χ2n) is 13.0. The molecule has 3 aromatic rings. The number of rotatable bonds is 8. The van der Waals surface area contributed by atoms with Gasteiger partial charge in [-0.15, -0.1) is 0 Å². The number of amides is 1. The number of carbonyl (C=O) groups excluding carboxylic acids is 1. The molecular formula is C34H40N6O4. The van der Waals surface area contributed by atoms with Crippen LogP contribution in [0.2, 0.25) is 0 Å². The summed E-state index contributed by atoms with van der Waals surface area (Å²) in [6, 6.07) is 17.2. The Bertz CT molecular complexity index is 1700. The third-order valence-electron chi connectivity index (χ3n) is 9.88. The molecule has 4 bridgehead atoms. The van der Waals surface area contributed by atoms with Crippen LogP contribution < -0.4 is 21.3 Å². The molecule has 10 nitrogen and oxygen atoms in total. The van der Waals surface area contributed by atoms with Gasteiger partial charge in [-0.3, -0.25) is 19.3 Å². The average Bonchev–Trinajstić information content (AvgIpc) is 3.01. The maximum absolute atomic E-state index is 12.8. The Morgan fingerprint density at radius 3 is 2.16 bits per heavy atom. The predicted molar refractivity (Wildman–Crippen MR) is 168 cm³/mol. The van der Waals surface area contributed by atoms with E-state index in [2.05, 4.69) is 32.5 Å². The van der Waals surface area contributed by atoms with Crippen molar-refractivity contribution >= 4 is 12.1 Å². The molecule has 4 aliphatic rings. The summed E-state index contributed by atoms with van der Waals surface area (Å²) < 4.78 is 9.55. The third-order valence-corrected chi connectivity index (χ3v) is 9.88. The Balaban J connectivity index is 0.937. The lowest BCUT2D eigenvalue weighted by atomic mass is 9.83. The minimum atomic E-state index is -0.139. The average molecular weight is 597 g/mol. The molecule has 7 rings (SSSR count). The van der Waals surface area contributed by atoms with Crippen molar-refractivity contribution < 1.29 is 9.53 Å². The Labute approximate surface area is 256 Å². The fraction of sp³-hybridized carbons (Fsp3) is 0.471. The van der Waals surface area contributed by atoms with E-state index in [1.165, 1.54) is 5.69 Å². The van der Waals surface area contributed by atoms with E-state index in [9.17, 15) is 14.4 Å². The van der Waals surface area contributed by atoms with Crippen LogP contribution in [0.1, 0.15) is 47.2 Å². The van der Waals surface area contributed by atoms with Gasteiger partial charge in [0.2, 0.25) is 0 Å². The fourth-order valence-corrected chi connectivity index (χ4v) is 8.07. The smallest absolute Gasteiger partial charge is 0.254 e. The van der Waals surface area contributed by atoms with Crippen LogP contribution in [0, 0.1) is 11.8 Å². The normalized spacial score (nSPS) is 24.5. The summed E-state index contributed by atoms with van der Waals surface area (Å²) in [5.41, 5.74) is 7.15. The summed E-state index contributed by atoms with van der Waals surface area (Å²) in [6.07, 6.45) is 4.74. The van der Waals surface area contributed by atoms with E-state index in [1.807, 2.05) is 39.5 Å². The van der Waals surface area contributed by atoms with E-state index >= 15 is 0 Å². The number of piperidine rings is 2. The molecule has 4 atom stereocenters. The molecule has 0 aliphatic carbocycles. The van der Waals surface area contributed by atoms with Crippen LogP contribution in [0.3, 0.4) is 0 Å². The molecule has 2 unspecified atom stereocenters. The highest BCUT2D eigenvalue weighted by atomic mass is 16.5. The Morgan fingerprint density at radius 1 is 0.864 bits per heavy atom. The second kappa shape index (κ2) is 12.2. The van der Waals surface area contributed by atoms with Gasteiger partial charge in [-0.1, -0.05) is 12.1 Å². The zero-order chi connectivity index (χ0) is 30.2. The summed E-state index contributed by atoms with van der Waals surface area (Å²) >= 11 is 0. The number of nitrogens with zero attached hydrogens (tertiary/aromatic N) is 5. The molecule has 1 N–H and O–H groups in total. The minimum absolute atomic E-state index is 0.0680. The molecular weight excluding hydrogens is 556 g/mol. The molecule has 1 amide bonds. The molecule has 2 fully saturated rings. The van der Waals surface area contributed by atoms with Gasteiger partial charge in [-0.25, -0.2) is 5.43 Å². The predicted octanol–water partition coefficient (Wildman–Crippen LogP) is 2.25. The van der Waals surface area contributed by atoms with Gasteiger partial charge in [0.1, 0.15) is 5.75 Å². The molecule has 2 saturated heterocycles. The Morgan fingerprint density at radius 2 is 1.50 bits per heavy atom. The Hall–Kier alpha value is -4.02. The van der Waals surface area contributed by atoms with Gasteiger partial charge in [-0.2, -0.15) is 5.10 Å². The van der Waals surface area contributed by atoms with Crippen molar-refractivity contribution in [1.82, 2.24) is 24.4 Å². The number of likely N-dealkylation sites (tertiary alicyclic amines) is 2. The maximum atomic E-state index is 12.8. The van der Waals surface area contributed by atoms with Gasteiger partial charge in [0.25, 0.3) is 17.0 Å². The van der Waals surface area contributed by atoms with E-state index in [0.717, 1.165) is 87.6 Å². The summed E-state index contributed by atoms with van der Waals surface area (Å²) in [5, 5.41) is 4.26. The van der Waals surface area contributed by atoms with Crippen molar-refractivity contribution in [3.63, 3.8) is 0 Å². The maximum Gasteiger partial charge on any atom is 0.254 e. The van der Waals surface area contributed by atoms with Crippen molar-refractivity contribution in [2.45, 2.75) is 44.2 Å². The summed E-state index contributed by atoms with van der Waals surface area (Å²) in [5.74, 6) is 2.25. The van der Waals surface area contributed by atoms with Gasteiger partial charge in [0.05, 0.1) is 19.9 Å². The van der Waals surface area contributed by atoms with Gasteiger partial charge in [-0.05, 0) is 72.6 Å². The zero-order valence-electron chi connectivity index (χ0n) is 25.2. The highest BCUT2D eigenvalue weighted by molar-refractivity contribution is 5.83. The number of hydrogen-bond donors (Lipinski definition) is 1. The molecule has 0 spiro atoms. The first-order chi connectivity index (χ1) is 21.4. The van der Waals surface area contributed by atoms with Crippen LogP contribution in [0.25, 0.3) is 0 Å². The van der Waals surface area contributed by atoms with E-state index < -0.39 is 0 Å². The molecule has 1 aromatic carbocycles. The molecule has 2 aromatic heterocycles. The number of aromatic nitrogens is 2. The van der Waals surface area contributed by atoms with Crippen LogP contribution in [0.5, 0.6) is 5.75 Å². The first kappa shape index (κ1) is 28.7. The monoisotopic (exact) mass is 596 g/mol. The lowest BCUT2D eigenvalue weighted by Crippen LogP contribution is -2.49. The Kier molecular flexibility index (Phi) is 7.95. The van der Waals surface area contributed by atoms with Crippen LogP contribution in [-0.2, 0) is 24.3 Å². The molecule has 230 valence electrons. The van der Waals surface area contributed by atoms with E-state index in [0.29, 0.717) is 17.8 Å². The summed E-state index contributed by atoms with van der Waals surface area (Å²) in [4.78, 5) is 42.1. The number of hydrazone groups is 1. The number of hydrogen-bond acceptors (Lipinski definition) is 7. The number of pyridine rings is 2. The quantitative estimate of drug-likeness (QED) is 0.316. The molecule has 0 saturated carbocycles. The van der Waals surface area contributed by atoms with Crippen molar-refractivity contribution in [3.8, 4) is 5.75 Å². The molecule has 44 heavy (non-hydrogen) atoms. The van der Waals surface area contributed by atoms with Gasteiger partial charge < -0.3 is 18.8 Å². The standard InChI is InChI=1S/C34H40N6O4/c1-44-31-9-8-23(12-26(31)10-11-37-16-24-13-27(20-37)29-4-2-6-33(42)39(29)18-24)15-35-36-32(41)22-38-17-25-14-28(21-38)30-5-3-7-34(43)40(30)19-25/h2-9,12,15,24-25,27-28H,10-11,13-14,16-22H2,1H3,(H,36,41)/t24?,25?,27-,28+/m1/s1. The number of ether oxygens (including phenoxy) is 1. The molecule has 10 heteroatoms. The zero-order valence-corrected chi connectivity index (χ0v) is 25.2. The third kappa shape index (κ3) is 5.88. The van der Waals surface area contributed by atoms with Crippen LogP contribution >= 0.6 is 0 Å². The number of benzene rings is 1. The largest absolute Gasteiger partial charge is 0.496 e. The SMILES string of the molecule is COc1ccc(C=NNC(=O)CN2CC3C[C@@H](C2)c2cccc(=O)n2C3)cc1CCN1CC2C[C@H](C1)c1cccc(=O)n1C2. The first-order valence-corrected chi connectivity index (χ1v) is 15.8. The van der Waals surface area contributed by atoms with Gasteiger partial charge in [0.15, 0.2) is 0 Å². The number of nitrogens with one attached hydrogen (secondary N) is 1. The summed E-state index contributed by atoms with van der Waals surface area (Å²) in [6.45, 7) is 6.24. The number of carbonyl (C=O) groups is 1. The van der Waals surface area contributed by atoms with E-state index in [1.54, 1.807) is 25.5 Å². The van der Waals surface area contributed by atoms with Gasteiger partial charge in [0, 0.05) is 81.2 Å². The molecule has 0 radical (unpaired) electrons. The number of fused-ring (bicyclic) bond motifs is 8. The first-order valence-electron chi connectivity index (χ1n) is 15.8. The highest BCUT2D eigenvalue weighted by Gasteiger charge is 2.36. The molecule has 6 heterocycles. The highest BCUT2D eigenvalue weighted by Crippen LogP contribution is 2.36. The lowest BCUT2D eigenvalue weighted by molar-refractivity contribution is -0.122. The summed E-state index contributed by atoms with van der Waals surface area (Å²) in [7, 11) is 1.69. The van der Waals surface area contributed by atoms with Crippen molar-refractivity contribution in [1.29, 1.82) is 0 Å².